The summed E-state index contributed by atoms with van der Waals surface area (Å²) in [7, 11) is 0. The molecule has 1 unspecified atom stereocenters. The lowest BCUT2D eigenvalue weighted by Gasteiger charge is -2.28. The van der Waals surface area contributed by atoms with E-state index in [1.807, 2.05) is 13.8 Å². The Morgan fingerprint density at radius 3 is 1.44 bits per heavy atom. The zero-order chi connectivity index (χ0) is 7.65. The van der Waals surface area contributed by atoms with Crippen molar-refractivity contribution < 1.29 is 5.11 Å². The molecule has 1 heteroatoms. The van der Waals surface area contributed by atoms with Crippen LogP contribution < -0.4 is 0 Å². The van der Waals surface area contributed by atoms with Crippen LogP contribution in [-0.2, 0) is 0 Å². The largest absolute Gasteiger partial charge is 0.390 e. The van der Waals surface area contributed by atoms with E-state index in [0.29, 0.717) is 11.8 Å². The van der Waals surface area contributed by atoms with Crippen LogP contribution in [0.3, 0.4) is 0 Å². The monoisotopic (exact) mass is 130 g/mol. The van der Waals surface area contributed by atoms with Crippen molar-refractivity contribution in [2.24, 2.45) is 11.8 Å². The van der Waals surface area contributed by atoms with E-state index in [4.69, 9.17) is 0 Å². The minimum atomic E-state index is -0.520. The van der Waals surface area contributed by atoms with Crippen LogP contribution in [0.5, 0.6) is 0 Å². The summed E-state index contributed by atoms with van der Waals surface area (Å²) >= 11 is 0. The molecular weight excluding hydrogens is 112 g/mol. The van der Waals surface area contributed by atoms with Gasteiger partial charge in [-0.15, -0.1) is 0 Å². The maximum Gasteiger partial charge on any atom is 0.0619 e. The maximum absolute atomic E-state index is 9.46. The third-order valence-electron chi connectivity index (χ3n) is 2.11. The average Bonchev–Trinajstić information content (AvgIpc) is 1.62. The Morgan fingerprint density at radius 1 is 1.11 bits per heavy atom. The first-order chi connectivity index (χ1) is 3.85. The van der Waals surface area contributed by atoms with Crippen molar-refractivity contribution in [2.75, 3.05) is 0 Å². The molecule has 0 aromatic rings. The Balaban J connectivity index is 3.88. The molecule has 0 saturated carbocycles. The lowest BCUT2D eigenvalue weighted by atomic mass is 9.84. The van der Waals surface area contributed by atoms with E-state index in [2.05, 4.69) is 20.8 Å². The van der Waals surface area contributed by atoms with Crippen molar-refractivity contribution in [1.29, 1.82) is 0 Å². The molecule has 0 aromatic heterocycles. The molecule has 0 fully saturated rings. The highest BCUT2D eigenvalue weighted by molar-refractivity contribution is 4.75. The van der Waals surface area contributed by atoms with Crippen molar-refractivity contribution >= 4 is 0 Å². The summed E-state index contributed by atoms with van der Waals surface area (Å²) in [5.41, 5.74) is -0.520. The van der Waals surface area contributed by atoms with Crippen LogP contribution in [0.4, 0.5) is 0 Å². The molecule has 0 amide bonds. The van der Waals surface area contributed by atoms with Crippen molar-refractivity contribution in [3.8, 4) is 0 Å². The van der Waals surface area contributed by atoms with E-state index < -0.39 is 5.60 Å². The minimum absolute atomic E-state index is 0.373. The summed E-state index contributed by atoms with van der Waals surface area (Å²) in [4.78, 5) is 0. The Hall–Kier alpha value is -0.0400. The molecule has 0 rings (SSSR count). The van der Waals surface area contributed by atoms with Gasteiger partial charge in [0.1, 0.15) is 0 Å². The molecule has 1 nitrogen and oxygen atoms in total. The number of aliphatic hydroxyl groups is 1. The standard InChI is InChI=1S/C8H18O/c1-6(2)7(3)8(4,5)9/h6-7,9H,1-5H3. The van der Waals surface area contributed by atoms with Gasteiger partial charge in [0.05, 0.1) is 5.60 Å². The van der Waals surface area contributed by atoms with Gasteiger partial charge in [0.15, 0.2) is 0 Å². The van der Waals surface area contributed by atoms with Gasteiger partial charge >= 0.3 is 0 Å². The van der Waals surface area contributed by atoms with E-state index >= 15 is 0 Å². The van der Waals surface area contributed by atoms with E-state index in [1.165, 1.54) is 0 Å². The first kappa shape index (κ1) is 8.96. The molecule has 1 N–H and O–H groups in total. The van der Waals surface area contributed by atoms with Crippen molar-refractivity contribution in [2.45, 2.75) is 40.2 Å². The van der Waals surface area contributed by atoms with Gasteiger partial charge in [-0.05, 0) is 25.7 Å². The van der Waals surface area contributed by atoms with Crippen LogP contribution in [-0.4, -0.2) is 10.7 Å². The van der Waals surface area contributed by atoms with Crippen molar-refractivity contribution in [3.63, 3.8) is 0 Å². The molecule has 0 aliphatic carbocycles. The molecule has 1 atom stereocenters. The first-order valence-electron chi connectivity index (χ1n) is 3.58. The first-order valence-corrected chi connectivity index (χ1v) is 3.58. The predicted molar refractivity (Wildman–Crippen MR) is 40.3 cm³/mol. The lowest BCUT2D eigenvalue weighted by Crippen LogP contribution is -2.31. The quantitative estimate of drug-likeness (QED) is 0.606. The SMILES string of the molecule is CC(C)C(C)C(C)(C)O. The van der Waals surface area contributed by atoms with Crippen LogP contribution in [0.15, 0.2) is 0 Å². The maximum atomic E-state index is 9.46. The smallest absolute Gasteiger partial charge is 0.0619 e. The van der Waals surface area contributed by atoms with E-state index in [0.717, 1.165) is 0 Å². The van der Waals surface area contributed by atoms with E-state index in [1.54, 1.807) is 0 Å². The molecular formula is C8H18O. The summed E-state index contributed by atoms with van der Waals surface area (Å²) in [5.74, 6) is 0.933. The van der Waals surface area contributed by atoms with Gasteiger partial charge in [-0.25, -0.2) is 0 Å². The van der Waals surface area contributed by atoms with Gasteiger partial charge in [-0.3, -0.25) is 0 Å². The normalized spacial score (nSPS) is 16.3. The third-order valence-corrected chi connectivity index (χ3v) is 2.11. The molecule has 0 spiro atoms. The van der Waals surface area contributed by atoms with Crippen LogP contribution >= 0.6 is 0 Å². The number of rotatable bonds is 2. The third kappa shape index (κ3) is 2.85. The average molecular weight is 130 g/mol. The van der Waals surface area contributed by atoms with Gasteiger partial charge in [-0.2, -0.15) is 0 Å². The molecule has 0 bridgehead atoms. The Bertz CT molecular complexity index is 79.1. The Kier molecular flexibility index (Phi) is 2.68. The number of hydrogen-bond acceptors (Lipinski definition) is 1. The zero-order valence-corrected chi connectivity index (χ0v) is 7.10. The molecule has 0 aliphatic rings. The van der Waals surface area contributed by atoms with E-state index in [-0.39, 0.29) is 0 Å². The molecule has 9 heavy (non-hydrogen) atoms. The lowest BCUT2D eigenvalue weighted by molar-refractivity contribution is 0.00539. The van der Waals surface area contributed by atoms with Crippen LogP contribution in [0.1, 0.15) is 34.6 Å². The highest BCUT2D eigenvalue weighted by Crippen LogP contribution is 2.22. The van der Waals surface area contributed by atoms with Gasteiger partial charge in [-0.1, -0.05) is 20.8 Å². The van der Waals surface area contributed by atoms with Crippen LogP contribution in [0, 0.1) is 11.8 Å². The summed E-state index contributed by atoms with van der Waals surface area (Å²) in [6.07, 6.45) is 0. The van der Waals surface area contributed by atoms with Gasteiger partial charge < -0.3 is 5.11 Å². The zero-order valence-electron chi connectivity index (χ0n) is 7.10. The van der Waals surface area contributed by atoms with Gasteiger partial charge in [0, 0.05) is 0 Å². The molecule has 0 radical (unpaired) electrons. The minimum Gasteiger partial charge on any atom is -0.390 e. The second-order valence-corrected chi connectivity index (χ2v) is 3.69. The van der Waals surface area contributed by atoms with Gasteiger partial charge in [0.25, 0.3) is 0 Å². The topological polar surface area (TPSA) is 20.2 Å². The number of hydrogen-bond donors (Lipinski definition) is 1. The highest BCUT2D eigenvalue weighted by Gasteiger charge is 2.24. The fourth-order valence-electron chi connectivity index (χ4n) is 0.816. The van der Waals surface area contributed by atoms with Crippen molar-refractivity contribution in [3.05, 3.63) is 0 Å². The van der Waals surface area contributed by atoms with Gasteiger partial charge in [0.2, 0.25) is 0 Å². The van der Waals surface area contributed by atoms with Crippen LogP contribution in [0.2, 0.25) is 0 Å². The molecule has 0 heterocycles. The summed E-state index contributed by atoms with van der Waals surface area (Å²) in [5, 5.41) is 9.46. The highest BCUT2D eigenvalue weighted by atomic mass is 16.3. The van der Waals surface area contributed by atoms with Crippen molar-refractivity contribution in [1.82, 2.24) is 0 Å². The molecule has 0 aliphatic heterocycles. The van der Waals surface area contributed by atoms with E-state index in [9.17, 15) is 5.11 Å². The Labute approximate surface area is 58.1 Å². The Morgan fingerprint density at radius 2 is 1.44 bits per heavy atom. The molecule has 56 valence electrons. The summed E-state index contributed by atoms with van der Waals surface area (Å²) < 4.78 is 0. The second kappa shape index (κ2) is 2.70. The fourth-order valence-corrected chi connectivity index (χ4v) is 0.816. The second-order valence-electron chi connectivity index (χ2n) is 3.69. The predicted octanol–water partition coefficient (Wildman–Crippen LogP) is 2.05. The molecule has 0 aromatic carbocycles. The molecule has 0 saturated heterocycles. The summed E-state index contributed by atoms with van der Waals surface area (Å²) in [6, 6.07) is 0. The van der Waals surface area contributed by atoms with Crippen LogP contribution in [0.25, 0.3) is 0 Å². The fraction of sp³-hybridized carbons (Fsp3) is 1.00. The summed E-state index contributed by atoms with van der Waals surface area (Å²) in [6.45, 7) is 10.0.